The van der Waals surface area contributed by atoms with Gasteiger partial charge in [0.25, 0.3) is 0 Å². The first kappa shape index (κ1) is 18.2. The number of morpholine rings is 1. The summed E-state index contributed by atoms with van der Waals surface area (Å²) in [4.78, 5) is 28.3. The van der Waals surface area contributed by atoms with Crippen molar-refractivity contribution in [3.05, 3.63) is 23.8 Å². The average Bonchev–Trinajstić information content (AvgIpc) is 3.10. The maximum Gasteiger partial charge on any atom is 0.224 e. The number of aromatic nitrogens is 2. The minimum atomic E-state index is 0.0271. The van der Waals surface area contributed by atoms with Crippen LogP contribution in [0, 0.1) is 0 Å². The molecule has 2 fully saturated rings. The SMILES string of the molecule is CN(C)Cc1ccnc(C2CCCN2C(=O)CCN2CCOCC2)n1. The van der Waals surface area contributed by atoms with Crippen molar-refractivity contribution in [3.63, 3.8) is 0 Å². The fourth-order valence-corrected chi connectivity index (χ4v) is 3.54. The summed E-state index contributed by atoms with van der Waals surface area (Å²) in [5, 5.41) is 0. The second kappa shape index (κ2) is 8.69. The van der Waals surface area contributed by atoms with E-state index in [1.165, 1.54) is 0 Å². The molecule has 0 aromatic carbocycles. The van der Waals surface area contributed by atoms with Crippen LogP contribution in [0.2, 0.25) is 0 Å². The Labute approximate surface area is 150 Å². The maximum absolute atomic E-state index is 12.7. The van der Waals surface area contributed by atoms with Gasteiger partial charge < -0.3 is 14.5 Å². The predicted octanol–water partition coefficient (Wildman–Crippen LogP) is 0.924. The minimum absolute atomic E-state index is 0.0271. The summed E-state index contributed by atoms with van der Waals surface area (Å²) in [5.41, 5.74) is 1.00. The van der Waals surface area contributed by atoms with Crippen LogP contribution < -0.4 is 0 Å². The molecule has 1 aromatic heterocycles. The Morgan fingerprint density at radius 1 is 1.32 bits per heavy atom. The van der Waals surface area contributed by atoms with E-state index >= 15 is 0 Å². The topological polar surface area (TPSA) is 61.8 Å². The number of hydrogen-bond acceptors (Lipinski definition) is 6. The lowest BCUT2D eigenvalue weighted by Gasteiger charge is -2.28. The second-order valence-corrected chi connectivity index (χ2v) is 7.09. The highest BCUT2D eigenvalue weighted by atomic mass is 16.5. The molecule has 1 unspecified atom stereocenters. The van der Waals surface area contributed by atoms with Gasteiger partial charge in [-0.3, -0.25) is 9.69 Å². The molecule has 0 N–H and O–H groups in total. The van der Waals surface area contributed by atoms with Gasteiger partial charge in [0, 0.05) is 45.3 Å². The van der Waals surface area contributed by atoms with Gasteiger partial charge in [0.1, 0.15) is 0 Å². The van der Waals surface area contributed by atoms with E-state index in [2.05, 4.69) is 14.8 Å². The normalized spacial score (nSPS) is 21.9. The molecule has 25 heavy (non-hydrogen) atoms. The fourth-order valence-electron chi connectivity index (χ4n) is 3.54. The van der Waals surface area contributed by atoms with Gasteiger partial charge in [-0.25, -0.2) is 9.97 Å². The van der Waals surface area contributed by atoms with Gasteiger partial charge in [0.15, 0.2) is 5.82 Å². The van der Waals surface area contributed by atoms with Crippen molar-refractivity contribution in [3.8, 4) is 0 Å². The first-order chi connectivity index (χ1) is 12.1. The summed E-state index contributed by atoms with van der Waals surface area (Å²) in [6, 6.07) is 1.97. The molecule has 1 aromatic rings. The molecule has 138 valence electrons. The Balaban J connectivity index is 1.60. The smallest absolute Gasteiger partial charge is 0.224 e. The minimum Gasteiger partial charge on any atom is -0.379 e. The Hall–Kier alpha value is -1.57. The van der Waals surface area contributed by atoms with Crippen molar-refractivity contribution in [2.24, 2.45) is 0 Å². The molecule has 2 aliphatic heterocycles. The monoisotopic (exact) mass is 347 g/mol. The van der Waals surface area contributed by atoms with Gasteiger partial charge in [0.2, 0.25) is 5.91 Å². The first-order valence-corrected chi connectivity index (χ1v) is 9.19. The van der Waals surface area contributed by atoms with E-state index in [9.17, 15) is 4.79 Å². The lowest BCUT2D eigenvalue weighted by Crippen LogP contribution is -2.39. The zero-order valence-corrected chi connectivity index (χ0v) is 15.4. The van der Waals surface area contributed by atoms with Crippen molar-refractivity contribution in [1.29, 1.82) is 0 Å². The van der Waals surface area contributed by atoms with Crippen molar-refractivity contribution < 1.29 is 9.53 Å². The molecule has 3 heterocycles. The zero-order valence-electron chi connectivity index (χ0n) is 15.4. The summed E-state index contributed by atoms with van der Waals surface area (Å²) >= 11 is 0. The van der Waals surface area contributed by atoms with E-state index in [-0.39, 0.29) is 11.9 Å². The number of hydrogen-bond donors (Lipinski definition) is 0. The molecule has 1 atom stereocenters. The van der Waals surface area contributed by atoms with Crippen molar-refractivity contribution in [1.82, 2.24) is 24.7 Å². The van der Waals surface area contributed by atoms with Crippen LogP contribution in [0.4, 0.5) is 0 Å². The fraction of sp³-hybridized carbons (Fsp3) is 0.722. The predicted molar refractivity (Wildman–Crippen MR) is 95.0 cm³/mol. The van der Waals surface area contributed by atoms with Crippen LogP contribution >= 0.6 is 0 Å². The zero-order chi connectivity index (χ0) is 17.6. The van der Waals surface area contributed by atoms with E-state index in [0.717, 1.165) is 70.3 Å². The standard InChI is InChI=1S/C18H29N5O2/c1-21(2)14-15-5-7-19-18(20-15)16-4-3-8-23(16)17(24)6-9-22-10-12-25-13-11-22/h5,7,16H,3-4,6,8-14H2,1-2H3. The molecule has 0 bridgehead atoms. The molecule has 0 aliphatic carbocycles. The highest BCUT2D eigenvalue weighted by Crippen LogP contribution is 2.30. The lowest BCUT2D eigenvalue weighted by atomic mass is 10.2. The molecule has 0 radical (unpaired) electrons. The van der Waals surface area contributed by atoms with Gasteiger partial charge in [-0.2, -0.15) is 0 Å². The molecule has 7 nitrogen and oxygen atoms in total. The van der Waals surface area contributed by atoms with Crippen LogP contribution in [0.15, 0.2) is 12.3 Å². The molecular weight excluding hydrogens is 318 g/mol. The van der Waals surface area contributed by atoms with E-state index < -0.39 is 0 Å². The van der Waals surface area contributed by atoms with Gasteiger partial charge in [-0.15, -0.1) is 0 Å². The summed E-state index contributed by atoms with van der Waals surface area (Å²) in [6.45, 7) is 5.80. The van der Waals surface area contributed by atoms with Gasteiger partial charge in [-0.1, -0.05) is 0 Å². The molecule has 3 rings (SSSR count). The Morgan fingerprint density at radius 3 is 2.88 bits per heavy atom. The van der Waals surface area contributed by atoms with Crippen molar-refractivity contribution >= 4 is 5.91 Å². The third-order valence-corrected chi connectivity index (χ3v) is 4.83. The van der Waals surface area contributed by atoms with E-state index in [0.29, 0.717) is 6.42 Å². The number of amides is 1. The molecule has 1 amide bonds. The molecular formula is C18H29N5O2. The van der Waals surface area contributed by atoms with Crippen LogP contribution in [0.25, 0.3) is 0 Å². The van der Waals surface area contributed by atoms with Crippen LogP contribution in [0.1, 0.15) is 36.8 Å². The van der Waals surface area contributed by atoms with Crippen LogP contribution in [0.5, 0.6) is 0 Å². The van der Waals surface area contributed by atoms with Crippen LogP contribution in [-0.2, 0) is 16.1 Å². The van der Waals surface area contributed by atoms with Gasteiger partial charge in [0.05, 0.1) is 24.9 Å². The Bertz CT molecular complexity index is 574. The Kier molecular flexibility index (Phi) is 6.34. The Morgan fingerprint density at radius 2 is 2.12 bits per heavy atom. The molecule has 0 spiro atoms. The van der Waals surface area contributed by atoms with E-state index in [1.807, 2.05) is 31.3 Å². The number of likely N-dealkylation sites (tertiary alicyclic amines) is 1. The average molecular weight is 347 g/mol. The quantitative estimate of drug-likeness (QED) is 0.763. The van der Waals surface area contributed by atoms with Crippen LogP contribution in [-0.4, -0.2) is 84.1 Å². The first-order valence-electron chi connectivity index (χ1n) is 9.19. The van der Waals surface area contributed by atoms with E-state index in [4.69, 9.17) is 9.72 Å². The second-order valence-electron chi connectivity index (χ2n) is 7.09. The third-order valence-electron chi connectivity index (χ3n) is 4.83. The maximum atomic E-state index is 12.7. The third kappa shape index (κ3) is 4.96. The van der Waals surface area contributed by atoms with Crippen LogP contribution in [0.3, 0.4) is 0 Å². The van der Waals surface area contributed by atoms with Gasteiger partial charge in [-0.05, 0) is 33.0 Å². The summed E-state index contributed by atoms with van der Waals surface area (Å²) < 4.78 is 5.36. The van der Waals surface area contributed by atoms with E-state index in [1.54, 1.807) is 0 Å². The molecule has 0 saturated carbocycles. The van der Waals surface area contributed by atoms with Crippen molar-refractivity contribution in [2.75, 3.05) is 53.5 Å². The number of carbonyl (C=O) groups excluding carboxylic acids is 1. The summed E-state index contributed by atoms with van der Waals surface area (Å²) in [7, 11) is 4.05. The lowest BCUT2D eigenvalue weighted by molar-refractivity contribution is -0.132. The molecule has 7 heteroatoms. The number of rotatable bonds is 6. The largest absolute Gasteiger partial charge is 0.379 e. The molecule has 2 aliphatic rings. The number of ether oxygens (including phenoxy) is 1. The number of nitrogens with zero attached hydrogens (tertiary/aromatic N) is 5. The summed E-state index contributed by atoms with van der Waals surface area (Å²) in [5.74, 6) is 1.01. The van der Waals surface area contributed by atoms with Crippen molar-refractivity contribution in [2.45, 2.75) is 31.8 Å². The van der Waals surface area contributed by atoms with Gasteiger partial charge >= 0.3 is 0 Å². The number of carbonyl (C=O) groups is 1. The summed E-state index contributed by atoms with van der Waals surface area (Å²) in [6.07, 6.45) is 4.35. The highest BCUT2D eigenvalue weighted by molar-refractivity contribution is 5.77. The highest BCUT2D eigenvalue weighted by Gasteiger charge is 2.32. The molecule has 2 saturated heterocycles.